The van der Waals surface area contributed by atoms with Crippen LogP contribution in [0.15, 0.2) is 65.7 Å². The third kappa shape index (κ3) is 5.61. The quantitative estimate of drug-likeness (QED) is 0.497. The van der Waals surface area contributed by atoms with Crippen LogP contribution in [-0.4, -0.2) is 27.5 Å². The number of hydrogen-bond donors (Lipinski definition) is 0. The number of carbonyl (C=O) groups excluding carboxylic acids is 1. The number of aryl methyl sites for hydroxylation is 1. The topological polar surface area (TPSA) is 83.0 Å². The molecule has 0 radical (unpaired) electrons. The van der Waals surface area contributed by atoms with E-state index in [-0.39, 0.29) is 11.7 Å². The van der Waals surface area contributed by atoms with Crippen molar-refractivity contribution in [2.24, 2.45) is 0 Å². The first-order valence-electron chi connectivity index (χ1n) is 9.55. The summed E-state index contributed by atoms with van der Waals surface area (Å²) in [6.45, 7) is 4.61. The minimum Gasteiger partial charge on any atom is -0.339 e. The monoisotopic (exact) mass is 404 g/mol. The van der Waals surface area contributed by atoms with E-state index in [1.807, 2.05) is 12.1 Å². The van der Waals surface area contributed by atoms with E-state index in [4.69, 9.17) is 9.78 Å². The lowest BCUT2D eigenvalue weighted by molar-refractivity contribution is -0.131. The lowest BCUT2D eigenvalue weighted by Crippen LogP contribution is -2.30. The molecule has 1 heterocycles. The summed E-state index contributed by atoms with van der Waals surface area (Å²) in [5.74, 6) is 0.499. The van der Waals surface area contributed by atoms with Gasteiger partial charge in [0, 0.05) is 31.5 Å². The Balaban J connectivity index is 1.53. The Morgan fingerprint density at radius 1 is 1.20 bits per heavy atom. The van der Waals surface area contributed by atoms with Gasteiger partial charge in [-0.1, -0.05) is 23.4 Å². The van der Waals surface area contributed by atoms with E-state index in [1.54, 1.807) is 35.2 Å². The largest absolute Gasteiger partial charge is 0.339 e. The van der Waals surface area contributed by atoms with Crippen molar-refractivity contribution < 1.29 is 13.7 Å². The molecule has 0 fully saturated rings. The van der Waals surface area contributed by atoms with Crippen LogP contribution in [-0.2, 0) is 17.8 Å². The summed E-state index contributed by atoms with van der Waals surface area (Å²) in [7, 11) is 0. The van der Waals surface area contributed by atoms with Gasteiger partial charge in [0.05, 0.1) is 11.6 Å². The van der Waals surface area contributed by atoms with Crippen molar-refractivity contribution in [3.8, 4) is 17.5 Å². The van der Waals surface area contributed by atoms with Gasteiger partial charge in [0.1, 0.15) is 5.82 Å². The number of hydrogen-bond acceptors (Lipinski definition) is 5. The van der Waals surface area contributed by atoms with E-state index < -0.39 is 0 Å². The SMILES string of the molecule is C=CCN(Cc1ccc(C#N)cc1)C(=O)CCCc1nc(-c2ccc(F)cc2)no1. The first-order valence-corrected chi connectivity index (χ1v) is 9.55. The summed E-state index contributed by atoms with van der Waals surface area (Å²) in [5, 5.41) is 12.8. The van der Waals surface area contributed by atoms with Gasteiger partial charge in [-0.3, -0.25) is 4.79 Å². The Bertz CT molecular complexity index is 1040. The molecule has 0 atom stereocenters. The first-order chi connectivity index (χ1) is 14.6. The molecular formula is C23H21FN4O2. The number of benzene rings is 2. The van der Waals surface area contributed by atoms with Crippen LogP contribution in [0.3, 0.4) is 0 Å². The average molecular weight is 404 g/mol. The fraction of sp³-hybridized carbons (Fsp3) is 0.217. The Kier molecular flexibility index (Phi) is 7.06. The van der Waals surface area contributed by atoms with Gasteiger partial charge >= 0.3 is 0 Å². The molecule has 30 heavy (non-hydrogen) atoms. The zero-order valence-electron chi connectivity index (χ0n) is 16.4. The molecule has 0 aliphatic rings. The molecule has 7 heteroatoms. The highest BCUT2D eigenvalue weighted by Crippen LogP contribution is 2.17. The molecule has 0 aliphatic heterocycles. The molecule has 0 spiro atoms. The van der Waals surface area contributed by atoms with E-state index in [0.29, 0.717) is 55.2 Å². The van der Waals surface area contributed by atoms with Gasteiger partial charge in [0.2, 0.25) is 17.6 Å². The molecule has 1 aromatic heterocycles. The highest BCUT2D eigenvalue weighted by Gasteiger charge is 2.14. The molecule has 0 saturated carbocycles. The van der Waals surface area contributed by atoms with Crippen LogP contribution >= 0.6 is 0 Å². The summed E-state index contributed by atoms with van der Waals surface area (Å²) in [6, 6.07) is 15.1. The molecule has 0 saturated heterocycles. The van der Waals surface area contributed by atoms with Gasteiger partial charge in [0.15, 0.2) is 0 Å². The fourth-order valence-corrected chi connectivity index (χ4v) is 2.94. The zero-order chi connectivity index (χ0) is 21.3. The summed E-state index contributed by atoms with van der Waals surface area (Å²) >= 11 is 0. The van der Waals surface area contributed by atoms with Crippen LogP contribution in [0.1, 0.15) is 29.9 Å². The molecule has 0 unspecified atom stereocenters. The van der Waals surface area contributed by atoms with Crippen molar-refractivity contribution in [3.63, 3.8) is 0 Å². The van der Waals surface area contributed by atoms with Gasteiger partial charge in [-0.25, -0.2) is 4.39 Å². The van der Waals surface area contributed by atoms with Gasteiger partial charge in [-0.2, -0.15) is 10.2 Å². The van der Waals surface area contributed by atoms with Crippen LogP contribution in [0.25, 0.3) is 11.4 Å². The maximum absolute atomic E-state index is 13.0. The maximum Gasteiger partial charge on any atom is 0.226 e. The normalized spacial score (nSPS) is 10.4. The molecule has 3 aromatic rings. The van der Waals surface area contributed by atoms with Crippen molar-refractivity contribution in [2.75, 3.05) is 6.54 Å². The van der Waals surface area contributed by atoms with Crippen molar-refractivity contribution in [2.45, 2.75) is 25.8 Å². The Hall–Kier alpha value is -3.79. The second-order valence-electron chi connectivity index (χ2n) is 6.74. The Labute approximate surface area is 174 Å². The molecule has 1 amide bonds. The van der Waals surface area contributed by atoms with Gasteiger partial charge in [-0.15, -0.1) is 6.58 Å². The number of nitriles is 1. The minimum atomic E-state index is -0.328. The predicted octanol–water partition coefficient (Wildman–Crippen LogP) is 4.28. The predicted molar refractivity (Wildman–Crippen MR) is 109 cm³/mol. The molecule has 152 valence electrons. The van der Waals surface area contributed by atoms with Crippen LogP contribution < -0.4 is 0 Å². The highest BCUT2D eigenvalue weighted by atomic mass is 19.1. The lowest BCUT2D eigenvalue weighted by Gasteiger charge is -2.21. The molecular weight excluding hydrogens is 383 g/mol. The van der Waals surface area contributed by atoms with Crippen LogP contribution in [0, 0.1) is 17.1 Å². The van der Waals surface area contributed by atoms with Crippen LogP contribution in [0.2, 0.25) is 0 Å². The van der Waals surface area contributed by atoms with E-state index in [0.717, 1.165) is 5.56 Å². The molecule has 0 N–H and O–H groups in total. The number of rotatable bonds is 9. The number of amides is 1. The molecule has 6 nitrogen and oxygen atoms in total. The van der Waals surface area contributed by atoms with Gasteiger partial charge in [0.25, 0.3) is 0 Å². The fourth-order valence-electron chi connectivity index (χ4n) is 2.94. The summed E-state index contributed by atoms with van der Waals surface area (Å²) < 4.78 is 18.3. The lowest BCUT2D eigenvalue weighted by atomic mass is 10.1. The smallest absolute Gasteiger partial charge is 0.226 e. The van der Waals surface area contributed by atoms with Crippen molar-refractivity contribution in [1.82, 2.24) is 15.0 Å². The third-order valence-electron chi connectivity index (χ3n) is 4.51. The van der Waals surface area contributed by atoms with Crippen molar-refractivity contribution >= 4 is 5.91 Å². The van der Waals surface area contributed by atoms with Crippen molar-refractivity contribution in [1.29, 1.82) is 5.26 Å². The number of aromatic nitrogens is 2. The highest BCUT2D eigenvalue weighted by molar-refractivity contribution is 5.76. The standard InChI is InChI=1S/C23H21FN4O2/c1-2-14-28(16-18-8-6-17(15-25)7-9-18)22(29)5-3-4-21-26-23(27-30-21)19-10-12-20(24)13-11-19/h2,6-13H,1,3-5,14,16H2. The van der Waals surface area contributed by atoms with E-state index in [2.05, 4.69) is 22.8 Å². The van der Waals surface area contributed by atoms with E-state index in [9.17, 15) is 9.18 Å². The Morgan fingerprint density at radius 3 is 2.60 bits per heavy atom. The van der Waals surface area contributed by atoms with Crippen LogP contribution in [0.4, 0.5) is 4.39 Å². The Morgan fingerprint density at radius 2 is 1.93 bits per heavy atom. The molecule has 3 rings (SSSR count). The average Bonchev–Trinajstić information content (AvgIpc) is 3.23. The zero-order valence-corrected chi connectivity index (χ0v) is 16.4. The maximum atomic E-state index is 13.0. The summed E-state index contributed by atoms with van der Waals surface area (Å²) in [6.07, 6.45) is 3.05. The second kappa shape index (κ2) is 10.1. The van der Waals surface area contributed by atoms with E-state index >= 15 is 0 Å². The third-order valence-corrected chi connectivity index (χ3v) is 4.51. The van der Waals surface area contributed by atoms with Crippen LogP contribution in [0.5, 0.6) is 0 Å². The van der Waals surface area contributed by atoms with Crippen molar-refractivity contribution in [3.05, 3.63) is 84.0 Å². The number of halogens is 1. The second-order valence-corrected chi connectivity index (χ2v) is 6.74. The van der Waals surface area contributed by atoms with Gasteiger partial charge < -0.3 is 9.42 Å². The molecule has 2 aromatic carbocycles. The first kappa shape index (κ1) is 20.9. The summed E-state index contributed by atoms with van der Waals surface area (Å²) in [5.41, 5.74) is 2.20. The van der Waals surface area contributed by atoms with Gasteiger partial charge in [-0.05, 0) is 48.4 Å². The number of nitrogens with zero attached hydrogens (tertiary/aromatic N) is 4. The van der Waals surface area contributed by atoms with E-state index in [1.165, 1.54) is 12.1 Å². The number of carbonyl (C=O) groups is 1. The minimum absolute atomic E-state index is 0.00228. The molecule has 0 aliphatic carbocycles. The molecule has 0 bridgehead atoms. The summed E-state index contributed by atoms with van der Waals surface area (Å²) in [4.78, 5) is 18.7.